The molecule has 3 heterocycles. The van der Waals surface area contributed by atoms with Crippen molar-refractivity contribution in [1.29, 1.82) is 0 Å². The van der Waals surface area contributed by atoms with Gasteiger partial charge in [0, 0.05) is 55.6 Å². The number of carbonyl (C=O) groups excluding carboxylic acids is 1. The van der Waals surface area contributed by atoms with Crippen molar-refractivity contribution in [2.24, 2.45) is 5.73 Å². The zero-order valence-corrected chi connectivity index (χ0v) is 22.0. The molecule has 2 fully saturated rings. The van der Waals surface area contributed by atoms with Crippen LogP contribution in [0.15, 0.2) is 18.2 Å². The molecule has 1 amide bonds. The third kappa shape index (κ3) is 6.53. The van der Waals surface area contributed by atoms with Gasteiger partial charge in [0.1, 0.15) is 22.7 Å². The zero-order valence-electron chi connectivity index (χ0n) is 21.2. The number of ether oxygens (including phenoxy) is 2. The number of pyridine rings is 1. The summed E-state index contributed by atoms with van der Waals surface area (Å²) in [6.45, 7) is 4.25. The lowest BCUT2D eigenvalue weighted by molar-refractivity contribution is -0.141. The Hall–Kier alpha value is -2.44. The summed E-state index contributed by atoms with van der Waals surface area (Å²) in [5.74, 6) is 2.47. The highest BCUT2D eigenvalue weighted by atomic mass is 32.2. The number of rotatable bonds is 9. The lowest BCUT2D eigenvalue weighted by atomic mass is 10.1. The fraction of sp³-hybridized carbons (Fsp3) is 0.600. The summed E-state index contributed by atoms with van der Waals surface area (Å²) in [5.41, 5.74) is 5.79. The number of methoxy groups -OCH3 is 2. The Morgan fingerprint density at radius 2 is 1.86 bits per heavy atom. The number of carbonyl (C=O) groups is 1. The number of unbranched alkanes of at least 4 members (excludes halogenated alkanes) is 1. The third-order valence-electron chi connectivity index (χ3n) is 6.91. The summed E-state index contributed by atoms with van der Waals surface area (Å²) in [6.07, 6.45) is -2.14. The molecule has 12 heteroatoms. The SMILES string of the molecule is COc1cc(OC)c2nc(C(F)(F)F)cc(N3CCN(CCCCC(N)C(=O)N4CCSC4)CC3)c2c1. The van der Waals surface area contributed by atoms with E-state index in [0.29, 0.717) is 36.3 Å². The second kappa shape index (κ2) is 12.0. The fourth-order valence-corrected chi connectivity index (χ4v) is 5.75. The van der Waals surface area contributed by atoms with Crippen LogP contribution in [0, 0.1) is 0 Å². The van der Waals surface area contributed by atoms with E-state index in [1.807, 2.05) is 9.80 Å². The van der Waals surface area contributed by atoms with Gasteiger partial charge in [-0.25, -0.2) is 4.98 Å². The molecule has 1 atom stereocenters. The number of piperazine rings is 1. The second-order valence-corrected chi connectivity index (χ2v) is 10.4. The fourth-order valence-electron chi connectivity index (χ4n) is 4.79. The molecule has 0 bridgehead atoms. The van der Waals surface area contributed by atoms with E-state index in [4.69, 9.17) is 15.2 Å². The number of hydrogen-bond acceptors (Lipinski definition) is 8. The summed E-state index contributed by atoms with van der Waals surface area (Å²) < 4.78 is 51.7. The van der Waals surface area contributed by atoms with E-state index >= 15 is 0 Å². The molecule has 204 valence electrons. The van der Waals surface area contributed by atoms with Gasteiger partial charge in [-0.3, -0.25) is 9.69 Å². The zero-order chi connectivity index (χ0) is 26.6. The van der Waals surface area contributed by atoms with Crippen molar-refractivity contribution in [2.45, 2.75) is 31.5 Å². The number of halogens is 3. The minimum absolute atomic E-state index is 0.0367. The Morgan fingerprint density at radius 1 is 1.11 bits per heavy atom. The molecule has 4 rings (SSSR count). The van der Waals surface area contributed by atoms with Gasteiger partial charge in [-0.2, -0.15) is 13.2 Å². The molecule has 2 aliphatic rings. The van der Waals surface area contributed by atoms with Crippen LogP contribution < -0.4 is 20.1 Å². The van der Waals surface area contributed by atoms with Crippen LogP contribution in [0.2, 0.25) is 0 Å². The van der Waals surface area contributed by atoms with Crippen LogP contribution in [-0.4, -0.2) is 91.9 Å². The van der Waals surface area contributed by atoms with Gasteiger partial charge >= 0.3 is 6.18 Å². The number of benzene rings is 1. The number of fused-ring (bicyclic) bond motifs is 1. The standard InChI is InChI=1S/C25H34F3N5O3S/c1-35-17-13-18-20(15-22(25(26,27)28)30-23(18)21(14-17)36-2)32-9-7-31(8-10-32)6-4-3-5-19(29)24(34)33-11-12-37-16-33/h13-15,19H,3-12,16,29H2,1-2H3. The van der Waals surface area contributed by atoms with Gasteiger partial charge in [0.25, 0.3) is 0 Å². The Balaban J connectivity index is 1.38. The highest BCUT2D eigenvalue weighted by Crippen LogP contribution is 2.40. The molecule has 0 radical (unpaired) electrons. The molecule has 2 aromatic rings. The van der Waals surface area contributed by atoms with Crippen molar-refractivity contribution in [3.8, 4) is 11.5 Å². The first kappa shape index (κ1) is 27.6. The largest absolute Gasteiger partial charge is 0.497 e. The van der Waals surface area contributed by atoms with Crippen molar-refractivity contribution in [1.82, 2.24) is 14.8 Å². The van der Waals surface area contributed by atoms with Gasteiger partial charge in [0.2, 0.25) is 5.91 Å². The van der Waals surface area contributed by atoms with Gasteiger partial charge in [-0.1, -0.05) is 6.42 Å². The number of hydrogen-bond donors (Lipinski definition) is 1. The molecule has 0 aliphatic carbocycles. The lowest BCUT2D eigenvalue weighted by Gasteiger charge is -2.37. The molecular formula is C25H34F3N5O3S. The first-order valence-corrected chi connectivity index (χ1v) is 13.6. The lowest BCUT2D eigenvalue weighted by Crippen LogP contribution is -2.47. The Morgan fingerprint density at radius 3 is 2.49 bits per heavy atom. The predicted molar refractivity (Wildman–Crippen MR) is 139 cm³/mol. The van der Waals surface area contributed by atoms with E-state index < -0.39 is 17.9 Å². The van der Waals surface area contributed by atoms with E-state index in [9.17, 15) is 18.0 Å². The molecule has 0 spiro atoms. The Bertz CT molecular complexity index is 1090. The predicted octanol–water partition coefficient (Wildman–Crippen LogP) is 3.42. The maximum atomic E-state index is 13.7. The average Bonchev–Trinajstić information content (AvgIpc) is 3.44. The normalized spacial score (nSPS) is 17.9. The smallest absolute Gasteiger partial charge is 0.433 e. The number of nitrogens with two attached hydrogens (primary N) is 1. The monoisotopic (exact) mass is 541 g/mol. The molecule has 8 nitrogen and oxygen atoms in total. The van der Waals surface area contributed by atoms with E-state index in [0.717, 1.165) is 56.7 Å². The third-order valence-corrected chi connectivity index (χ3v) is 7.88. The molecular weight excluding hydrogens is 507 g/mol. The van der Waals surface area contributed by atoms with E-state index in [-0.39, 0.29) is 17.2 Å². The van der Waals surface area contributed by atoms with Gasteiger partial charge in [-0.05, 0) is 31.5 Å². The number of alkyl halides is 3. The molecule has 1 aromatic carbocycles. The molecule has 37 heavy (non-hydrogen) atoms. The van der Waals surface area contributed by atoms with Gasteiger partial charge in [-0.15, -0.1) is 11.8 Å². The number of nitrogens with zero attached hydrogens (tertiary/aromatic N) is 4. The second-order valence-electron chi connectivity index (χ2n) is 9.32. The molecule has 2 N–H and O–H groups in total. The van der Waals surface area contributed by atoms with E-state index in [1.165, 1.54) is 14.2 Å². The highest BCUT2D eigenvalue weighted by Gasteiger charge is 2.35. The Labute approximate surface area is 219 Å². The van der Waals surface area contributed by atoms with Crippen molar-refractivity contribution in [3.63, 3.8) is 0 Å². The van der Waals surface area contributed by atoms with Crippen molar-refractivity contribution < 1.29 is 27.4 Å². The van der Waals surface area contributed by atoms with Crippen LogP contribution in [0.3, 0.4) is 0 Å². The van der Waals surface area contributed by atoms with Crippen LogP contribution >= 0.6 is 11.8 Å². The highest BCUT2D eigenvalue weighted by molar-refractivity contribution is 7.99. The summed E-state index contributed by atoms with van der Waals surface area (Å²) in [7, 11) is 2.91. The van der Waals surface area contributed by atoms with Crippen molar-refractivity contribution in [3.05, 3.63) is 23.9 Å². The number of amides is 1. The molecule has 1 unspecified atom stereocenters. The maximum absolute atomic E-state index is 13.7. The summed E-state index contributed by atoms with van der Waals surface area (Å²) in [4.78, 5) is 22.3. The molecule has 0 saturated carbocycles. The van der Waals surface area contributed by atoms with Crippen molar-refractivity contribution >= 4 is 34.3 Å². The number of aromatic nitrogens is 1. The summed E-state index contributed by atoms with van der Waals surface area (Å²) in [6, 6.07) is 3.92. The van der Waals surface area contributed by atoms with Crippen LogP contribution in [0.1, 0.15) is 25.0 Å². The van der Waals surface area contributed by atoms with Crippen molar-refractivity contribution in [2.75, 3.05) is 70.0 Å². The molecule has 1 aromatic heterocycles. The van der Waals surface area contributed by atoms with E-state index in [2.05, 4.69) is 9.88 Å². The first-order chi connectivity index (χ1) is 17.7. The first-order valence-electron chi connectivity index (χ1n) is 12.4. The average molecular weight is 542 g/mol. The topological polar surface area (TPSA) is 84.2 Å². The minimum atomic E-state index is -4.58. The molecule has 2 aliphatic heterocycles. The quantitative estimate of drug-likeness (QED) is 0.484. The van der Waals surface area contributed by atoms with Gasteiger partial charge in [0.05, 0.1) is 26.1 Å². The minimum Gasteiger partial charge on any atom is -0.497 e. The number of thioether (sulfide) groups is 1. The van der Waals surface area contributed by atoms with Crippen LogP contribution in [-0.2, 0) is 11.0 Å². The number of anilines is 1. The van der Waals surface area contributed by atoms with E-state index in [1.54, 1.807) is 23.9 Å². The van der Waals surface area contributed by atoms with Crippen LogP contribution in [0.4, 0.5) is 18.9 Å². The maximum Gasteiger partial charge on any atom is 0.433 e. The van der Waals surface area contributed by atoms with Gasteiger partial charge in [0.15, 0.2) is 0 Å². The molecule has 2 saturated heterocycles. The summed E-state index contributed by atoms with van der Waals surface area (Å²) in [5, 5.41) is 0.563. The van der Waals surface area contributed by atoms with Crippen LogP contribution in [0.5, 0.6) is 11.5 Å². The summed E-state index contributed by atoms with van der Waals surface area (Å²) >= 11 is 1.75. The van der Waals surface area contributed by atoms with Gasteiger partial charge < -0.3 is 25.0 Å². The van der Waals surface area contributed by atoms with Crippen LogP contribution in [0.25, 0.3) is 10.9 Å². The Kier molecular flexibility index (Phi) is 8.91.